The second-order valence-electron chi connectivity index (χ2n) is 5.98. The number of hydrazone groups is 1. The van der Waals surface area contributed by atoms with Gasteiger partial charge in [0.2, 0.25) is 0 Å². The fourth-order valence-electron chi connectivity index (χ4n) is 2.67. The fraction of sp³-hybridized carbons (Fsp3) is 0.263. The minimum Gasteiger partial charge on any atom is -0.461 e. The summed E-state index contributed by atoms with van der Waals surface area (Å²) in [6, 6.07) is 8.04. The Kier molecular flexibility index (Phi) is 6.06. The first-order valence-corrected chi connectivity index (χ1v) is 8.06. The highest BCUT2D eigenvalue weighted by atomic mass is 16.6. The first-order chi connectivity index (χ1) is 12.3. The van der Waals surface area contributed by atoms with E-state index in [1.165, 1.54) is 19.1 Å². The number of carbonyl (C=O) groups is 1. The van der Waals surface area contributed by atoms with Gasteiger partial charge in [0.25, 0.3) is 5.69 Å². The van der Waals surface area contributed by atoms with Gasteiger partial charge in [0.05, 0.1) is 16.8 Å². The number of aryl methyl sites for hydroxylation is 2. The van der Waals surface area contributed by atoms with E-state index >= 15 is 0 Å². The maximum Gasteiger partial charge on any atom is 0.302 e. The minimum atomic E-state index is -0.448. The lowest BCUT2D eigenvalue weighted by molar-refractivity contribution is -0.384. The molecule has 0 fully saturated rings. The molecule has 26 heavy (non-hydrogen) atoms. The summed E-state index contributed by atoms with van der Waals surface area (Å²) in [7, 11) is 0. The predicted molar refractivity (Wildman–Crippen MR) is 100 cm³/mol. The van der Waals surface area contributed by atoms with Gasteiger partial charge < -0.3 is 4.74 Å². The van der Waals surface area contributed by atoms with Gasteiger partial charge in [-0.1, -0.05) is 6.07 Å². The molecule has 0 bridgehead atoms. The molecule has 0 atom stereocenters. The van der Waals surface area contributed by atoms with Crippen LogP contribution in [0.2, 0.25) is 0 Å². The van der Waals surface area contributed by atoms with Crippen LogP contribution < -0.4 is 5.43 Å². The zero-order valence-corrected chi connectivity index (χ0v) is 15.2. The van der Waals surface area contributed by atoms with Crippen LogP contribution in [0.4, 0.5) is 11.4 Å². The molecule has 0 aliphatic heterocycles. The number of anilines is 1. The van der Waals surface area contributed by atoms with Crippen molar-refractivity contribution in [1.82, 2.24) is 0 Å². The van der Waals surface area contributed by atoms with E-state index in [2.05, 4.69) is 10.5 Å². The first kappa shape index (κ1) is 19.1. The van der Waals surface area contributed by atoms with Gasteiger partial charge >= 0.3 is 5.97 Å². The number of esters is 1. The molecule has 0 spiro atoms. The largest absolute Gasteiger partial charge is 0.461 e. The van der Waals surface area contributed by atoms with E-state index in [4.69, 9.17) is 4.74 Å². The van der Waals surface area contributed by atoms with Crippen LogP contribution in [-0.4, -0.2) is 17.1 Å². The van der Waals surface area contributed by atoms with Gasteiger partial charge in [-0.05, 0) is 55.2 Å². The van der Waals surface area contributed by atoms with Crippen molar-refractivity contribution in [3.63, 3.8) is 0 Å². The molecule has 0 amide bonds. The number of hydrogen-bond acceptors (Lipinski definition) is 6. The number of non-ortho nitro benzene ring substituents is 1. The van der Waals surface area contributed by atoms with Gasteiger partial charge in [-0.25, -0.2) is 0 Å². The number of ether oxygens (including phenoxy) is 1. The molecule has 0 aliphatic carbocycles. The summed E-state index contributed by atoms with van der Waals surface area (Å²) in [4.78, 5) is 21.3. The van der Waals surface area contributed by atoms with Crippen molar-refractivity contribution >= 4 is 23.6 Å². The van der Waals surface area contributed by atoms with Crippen LogP contribution in [0.1, 0.15) is 34.7 Å². The van der Waals surface area contributed by atoms with Crippen molar-refractivity contribution < 1.29 is 14.5 Å². The predicted octanol–water partition coefficient (Wildman–Crippen LogP) is 4.03. The highest BCUT2D eigenvalue weighted by molar-refractivity contribution is 5.85. The monoisotopic (exact) mass is 355 g/mol. The summed E-state index contributed by atoms with van der Waals surface area (Å²) in [5.41, 5.74) is 8.54. The number of nitro groups is 1. The number of nitrogens with zero attached hydrogens (tertiary/aromatic N) is 2. The Labute approximate surface area is 151 Å². The fourth-order valence-corrected chi connectivity index (χ4v) is 2.67. The number of rotatable bonds is 6. The SMILES string of the molecule is CC(=O)OCc1c(C)cc(C)c(C=NNc2ccc([N+](=O)[O-])cc2)c1C. The average Bonchev–Trinajstić information content (AvgIpc) is 2.57. The van der Waals surface area contributed by atoms with E-state index in [-0.39, 0.29) is 18.3 Å². The van der Waals surface area contributed by atoms with Gasteiger partial charge in [-0.2, -0.15) is 5.10 Å². The van der Waals surface area contributed by atoms with Crippen LogP contribution in [0.25, 0.3) is 0 Å². The third-order valence-corrected chi connectivity index (χ3v) is 4.08. The maximum absolute atomic E-state index is 11.1. The van der Waals surface area contributed by atoms with Crippen LogP contribution in [0.5, 0.6) is 0 Å². The van der Waals surface area contributed by atoms with E-state index in [1.807, 2.05) is 26.8 Å². The number of nitrogens with one attached hydrogen (secondary N) is 1. The maximum atomic E-state index is 11.1. The summed E-state index contributed by atoms with van der Waals surface area (Å²) >= 11 is 0. The van der Waals surface area contributed by atoms with Gasteiger partial charge in [-0.3, -0.25) is 20.3 Å². The number of nitro benzene ring substituents is 1. The van der Waals surface area contributed by atoms with Gasteiger partial charge in [0, 0.05) is 24.6 Å². The highest BCUT2D eigenvalue weighted by Crippen LogP contribution is 2.22. The molecule has 7 nitrogen and oxygen atoms in total. The van der Waals surface area contributed by atoms with E-state index < -0.39 is 4.92 Å². The molecular weight excluding hydrogens is 334 g/mol. The molecule has 2 rings (SSSR count). The van der Waals surface area contributed by atoms with Crippen molar-refractivity contribution in [2.45, 2.75) is 34.3 Å². The quantitative estimate of drug-likeness (QED) is 0.365. The lowest BCUT2D eigenvalue weighted by atomic mass is 9.94. The van der Waals surface area contributed by atoms with Crippen molar-refractivity contribution in [3.05, 3.63) is 68.3 Å². The molecule has 2 aromatic carbocycles. The zero-order valence-electron chi connectivity index (χ0n) is 15.2. The van der Waals surface area contributed by atoms with E-state index in [1.54, 1.807) is 18.3 Å². The molecule has 136 valence electrons. The van der Waals surface area contributed by atoms with Crippen LogP contribution in [0.15, 0.2) is 35.4 Å². The molecule has 0 aromatic heterocycles. The highest BCUT2D eigenvalue weighted by Gasteiger charge is 2.11. The van der Waals surface area contributed by atoms with Crippen LogP contribution in [-0.2, 0) is 16.1 Å². The Morgan fingerprint density at radius 3 is 2.46 bits per heavy atom. The minimum absolute atomic E-state index is 0.0277. The second kappa shape index (κ2) is 8.24. The standard InChI is InChI=1S/C19H21N3O4/c1-12-9-13(2)19(11-26-15(4)23)14(3)18(12)10-20-21-16-5-7-17(8-6-16)22(24)25/h5-10,21H,11H2,1-4H3. The molecule has 0 aliphatic rings. The molecular formula is C19H21N3O4. The van der Waals surface area contributed by atoms with Gasteiger partial charge in [0.15, 0.2) is 0 Å². The smallest absolute Gasteiger partial charge is 0.302 e. The molecule has 7 heteroatoms. The Hall–Kier alpha value is -3.22. The summed E-state index contributed by atoms with van der Waals surface area (Å²) in [5.74, 6) is -0.320. The van der Waals surface area contributed by atoms with Crippen molar-refractivity contribution in [3.8, 4) is 0 Å². The molecule has 0 radical (unpaired) electrons. The van der Waals surface area contributed by atoms with E-state index in [0.717, 1.165) is 27.8 Å². The normalized spacial score (nSPS) is 10.8. The van der Waals surface area contributed by atoms with Crippen molar-refractivity contribution in [1.29, 1.82) is 0 Å². The van der Waals surface area contributed by atoms with E-state index in [0.29, 0.717) is 5.69 Å². The van der Waals surface area contributed by atoms with E-state index in [9.17, 15) is 14.9 Å². The van der Waals surface area contributed by atoms with Crippen LogP contribution >= 0.6 is 0 Å². The van der Waals surface area contributed by atoms with Crippen molar-refractivity contribution in [2.24, 2.45) is 5.10 Å². The first-order valence-electron chi connectivity index (χ1n) is 8.06. The molecule has 2 aromatic rings. The molecule has 0 saturated carbocycles. The number of hydrogen-bond donors (Lipinski definition) is 1. The summed E-state index contributed by atoms with van der Waals surface area (Å²) in [5, 5.41) is 14.9. The molecule has 1 N–H and O–H groups in total. The summed E-state index contributed by atoms with van der Waals surface area (Å²) < 4.78 is 5.13. The zero-order chi connectivity index (χ0) is 19.3. The molecule has 0 saturated heterocycles. The Morgan fingerprint density at radius 2 is 1.88 bits per heavy atom. The lowest BCUT2D eigenvalue weighted by Gasteiger charge is -2.15. The summed E-state index contributed by atoms with van der Waals surface area (Å²) in [6.07, 6.45) is 1.70. The van der Waals surface area contributed by atoms with Crippen LogP contribution in [0.3, 0.4) is 0 Å². The third-order valence-electron chi connectivity index (χ3n) is 4.08. The topological polar surface area (TPSA) is 93.8 Å². The molecule has 0 heterocycles. The summed E-state index contributed by atoms with van der Waals surface area (Å²) in [6.45, 7) is 7.54. The van der Waals surface area contributed by atoms with Crippen molar-refractivity contribution in [2.75, 3.05) is 5.43 Å². The van der Waals surface area contributed by atoms with Gasteiger partial charge in [0.1, 0.15) is 6.61 Å². The van der Waals surface area contributed by atoms with Crippen LogP contribution in [0, 0.1) is 30.9 Å². The Balaban J connectivity index is 2.19. The Morgan fingerprint density at radius 1 is 1.23 bits per heavy atom. The number of benzene rings is 2. The third kappa shape index (κ3) is 4.66. The van der Waals surface area contributed by atoms with Gasteiger partial charge in [-0.15, -0.1) is 0 Å². The second-order valence-corrected chi connectivity index (χ2v) is 5.98. The number of carbonyl (C=O) groups excluding carboxylic acids is 1. The molecule has 0 unspecified atom stereocenters. The Bertz CT molecular complexity index is 858. The lowest BCUT2D eigenvalue weighted by Crippen LogP contribution is -2.06. The average molecular weight is 355 g/mol.